The van der Waals surface area contributed by atoms with E-state index in [1.165, 1.54) is 0 Å². The van der Waals surface area contributed by atoms with Crippen LogP contribution in [0.1, 0.15) is 25.0 Å². The molecule has 8 heteroatoms. The third-order valence-corrected chi connectivity index (χ3v) is 5.72. The molecular formula is C22H28N6O2. The maximum absolute atomic E-state index is 12.7. The van der Waals surface area contributed by atoms with Gasteiger partial charge < -0.3 is 19.5 Å². The second-order valence-corrected chi connectivity index (χ2v) is 8.19. The number of aryl methyl sites for hydroxylation is 2. The number of amides is 1. The second-order valence-electron chi connectivity index (χ2n) is 8.19. The lowest BCUT2D eigenvalue weighted by atomic mass is 9.92. The van der Waals surface area contributed by atoms with Crippen LogP contribution in [0, 0.1) is 6.92 Å². The molecule has 1 amide bonds. The number of aromatic nitrogens is 4. The van der Waals surface area contributed by atoms with Crippen LogP contribution >= 0.6 is 0 Å². The van der Waals surface area contributed by atoms with Gasteiger partial charge in [-0.15, -0.1) is 0 Å². The molecule has 158 valence electrons. The lowest BCUT2D eigenvalue weighted by Crippen LogP contribution is -2.55. The predicted octanol–water partition coefficient (Wildman–Crippen LogP) is 2.01. The van der Waals surface area contributed by atoms with Crippen molar-refractivity contribution in [1.29, 1.82) is 0 Å². The Hall–Kier alpha value is -3.00. The summed E-state index contributed by atoms with van der Waals surface area (Å²) in [5.74, 6) is 0.831. The highest BCUT2D eigenvalue weighted by Gasteiger charge is 2.35. The Labute approximate surface area is 176 Å². The fraction of sp³-hybridized carbons (Fsp3) is 0.455. The molecule has 0 saturated carbocycles. The number of piperidine rings is 1. The Morgan fingerprint density at radius 1 is 1.27 bits per heavy atom. The van der Waals surface area contributed by atoms with Crippen molar-refractivity contribution in [2.75, 3.05) is 31.6 Å². The van der Waals surface area contributed by atoms with Crippen LogP contribution in [0.4, 0.5) is 5.82 Å². The van der Waals surface area contributed by atoms with Crippen LogP contribution in [0.25, 0.3) is 11.0 Å². The summed E-state index contributed by atoms with van der Waals surface area (Å²) in [6.45, 7) is 4.08. The monoisotopic (exact) mass is 408 g/mol. The van der Waals surface area contributed by atoms with Gasteiger partial charge in [0, 0.05) is 44.9 Å². The number of imidazole rings is 1. The van der Waals surface area contributed by atoms with Gasteiger partial charge in [0.2, 0.25) is 5.91 Å². The van der Waals surface area contributed by atoms with Gasteiger partial charge in [0.05, 0.1) is 29.5 Å². The number of aliphatic hydroxyl groups is 1. The number of carbonyl (C=O) groups is 1. The van der Waals surface area contributed by atoms with Gasteiger partial charge >= 0.3 is 0 Å². The van der Waals surface area contributed by atoms with E-state index in [1.807, 2.05) is 41.8 Å². The van der Waals surface area contributed by atoms with Gasteiger partial charge in [-0.1, -0.05) is 12.1 Å². The molecular weight excluding hydrogens is 380 g/mol. The normalized spacial score (nSPS) is 19.2. The smallest absolute Gasteiger partial charge is 0.224 e. The molecule has 1 aliphatic heterocycles. The Kier molecular flexibility index (Phi) is 5.67. The van der Waals surface area contributed by atoms with Crippen LogP contribution in [0.5, 0.6) is 0 Å². The fourth-order valence-corrected chi connectivity index (χ4v) is 4.18. The van der Waals surface area contributed by atoms with Crippen LogP contribution in [0.15, 0.2) is 43.0 Å². The van der Waals surface area contributed by atoms with Gasteiger partial charge in [-0.05, 0) is 31.9 Å². The van der Waals surface area contributed by atoms with Gasteiger partial charge in [-0.25, -0.2) is 15.0 Å². The quantitative estimate of drug-likeness (QED) is 0.671. The third-order valence-electron chi connectivity index (χ3n) is 5.72. The van der Waals surface area contributed by atoms with Gasteiger partial charge in [0.15, 0.2) is 0 Å². The number of para-hydroxylation sites is 2. The SMILES string of the molecule is Cc1cc(N2CCCC(O)(CN(C)C(=O)CCn3cnc4ccccc43)C2)ncn1. The Balaban J connectivity index is 1.36. The zero-order chi connectivity index (χ0) is 21.1. The first-order valence-electron chi connectivity index (χ1n) is 10.3. The standard InChI is InChI=1S/C22H28N6O2/c1-17-12-20(24-15-23-17)27-10-5-9-22(30,14-27)13-26(2)21(29)8-11-28-16-25-18-6-3-4-7-19(18)28/h3-4,6-7,12,15-16,30H,5,8-11,13-14H2,1-2H3. The number of β-amino-alcohol motifs (C(OH)–C–C–N with tert-alkyl or cyclic N) is 1. The number of hydrogen-bond acceptors (Lipinski definition) is 6. The Morgan fingerprint density at radius 2 is 2.10 bits per heavy atom. The van der Waals surface area contributed by atoms with E-state index in [4.69, 9.17) is 0 Å². The molecule has 8 nitrogen and oxygen atoms in total. The number of nitrogens with zero attached hydrogens (tertiary/aromatic N) is 6. The summed E-state index contributed by atoms with van der Waals surface area (Å²) in [7, 11) is 1.76. The van der Waals surface area contributed by atoms with Gasteiger partial charge in [0.1, 0.15) is 12.1 Å². The van der Waals surface area contributed by atoms with Gasteiger partial charge in [0.25, 0.3) is 0 Å². The average molecular weight is 409 g/mol. The van der Waals surface area contributed by atoms with Crippen molar-refractivity contribution in [2.45, 2.75) is 38.3 Å². The molecule has 1 N–H and O–H groups in total. The highest BCUT2D eigenvalue weighted by atomic mass is 16.3. The molecule has 0 spiro atoms. The van der Waals surface area contributed by atoms with E-state index in [2.05, 4.69) is 19.9 Å². The molecule has 3 aromatic rings. The summed E-state index contributed by atoms with van der Waals surface area (Å²) in [4.78, 5) is 29.3. The van der Waals surface area contributed by atoms with Gasteiger partial charge in [-0.3, -0.25) is 4.79 Å². The third kappa shape index (κ3) is 4.43. The molecule has 0 bridgehead atoms. The topological polar surface area (TPSA) is 87.4 Å². The average Bonchev–Trinajstić information content (AvgIpc) is 3.15. The maximum Gasteiger partial charge on any atom is 0.224 e. The number of anilines is 1. The van der Waals surface area contributed by atoms with E-state index < -0.39 is 5.60 Å². The van der Waals surface area contributed by atoms with E-state index in [0.717, 1.165) is 35.5 Å². The van der Waals surface area contributed by atoms with Crippen molar-refractivity contribution in [3.8, 4) is 0 Å². The van der Waals surface area contributed by atoms with Crippen molar-refractivity contribution in [1.82, 2.24) is 24.4 Å². The van der Waals surface area contributed by atoms with Crippen molar-refractivity contribution in [3.63, 3.8) is 0 Å². The molecule has 0 radical (unpaired) electrons. The largest absolute Gasteiger partial charge is 0.386 e. The highest BCUT2D eigenvalue weighted by Crippen LogP contribution is 2.26. The number of carbonyl (C=O) groups excluding carboxylic acids is 1. The number of likely N-dealkylation sites (N-methyl/N-ethyl adjacent to an activating group) is 1. The van der Waals surface area contributed by atoms with Crippen LogP contribution in [-0.4, -0.2) is 67.7 Å². The van der Waals surface area contributed by atoms with E-state index >= 15 is 0 Å². The molecule has 1 aliphatic rings. The summed E-state index contributed by atoms with van der Waals surface area (Å²) < 4.78 is 2.00. The Bertz CT molecular complexity index is 1040. The highest BCUT2D eigenvalue weighted by molar-refractivity contribution is 5.77. The number of fused-ring (bicyclic) bond motifs is 1. The molecule has 0 aliphatic carbocycles. The van der Waals surface area contributed by atoms with Crippen molar-refractivity contribution < 1.29 is 9.90 Å². The van der Waals surface area contributed by atoms with E-state index in [0.29, 0.717) is 32.5 Å². The number of hydrogen-bond donors (Lipinski definition) is 1. The summed E-state index contributed by atoms with van der Waals surface area (Å²) >= 11 is 0. The minimum Gasteiger partial charge on any atom is -0.386 e. The summed E-state index contributed by atoms with van der Waals surface area (Å²) in [5.41, 5.74) is 1.89. The number of benzene rings is 1. The number of rotatable bonds is 6. The van der Waals surface area contributed by atoms with Crippen molar-refractivity contribution in [2.24, 2.45) is 0 Å². The maximum atomic E-state index is 12.7. The van der Waals surface area contributed by atoms with Crippen molar-refractivity contribution in [3.05, 3.63) is 48.7 Å². The first-order chi connectivity index (χ1) is 14.4. The molecule has 2 aromatic heterocycles. The molecule has 1 saturated heterocycles. The fourth-order valence-electron chi connectivity index (χ4n) is 4.18. The molecule has 1 atom stereocenters. The lowest BCUT2D eigenvalue weighted by Gasteiger charge is -2.41. The van der Waals surface area contributed by atoms with E-state index in [-0.39, 0.29) is 5.91 Å². The van der Waals surface area contributed by atoms with Crippen LogP contribution in [0.3, 0.4) is 0 Å². The molecule has 4 rings (SSSR count). The minimum atomic E-state index is -0.955. The minimum absolute atomic E-state index is 0.0104. The zero-order valence-corrected chi connectivity index (χ0v) is 17.5. The molecule has 1 unspecified atom stereocenters. The van der Waals surface area contributed by atoms with Crippen LogP contribution < -0.4 is 4.90 Å². The molecule has 1 fully saturated rings. The molecule has 1 aromatic carbocycles. The van der Waals surface area contributed by atoms with E-state index in [1.54, 1.807) is 24.6 Å². The van der Waals surface area contributed by atoms with Gasteiger partial charge in [-0.2, -0.15) is 0 Å². The van der Waals surface area contributed by atoms with Crippen LogP contribution in [-0.2, 0) is 11.3 Å². The van der Waals surface area contributed by atoms with Crippen molar-refractivity contribution >= 4 is 22.8 Å². The first kappa shape index (κ1) is 20.3. The summed E-state index contributed by atoms with van der Waals surface area (Å²) in [5, 5.41) is 11.2. The van der Waals surface area contributed by atoms with E-state index in [9.17, 15) is 9.90 Å². The zero-order valence-electron chi connectivity index (χ0n) is 17.5. The summed E-state index contributed by atoms with van der Waals surface area (Å²) in [6, 6.07) is 9.82. The molecule has 3 heterocycles. The summed E-state index contributed by atoms with van der Waals surface area (Å²) in [6.07, 6.45) is 5.20. The Morgan fingerprint density at radius 3 is 2.93 bits per heavy atom. The molecule has 30 heavy (non-hydrogen) atoms. The predicted molar refractivity (Wildman–Crippen MR) is 115 cm³/mol. The second kappa shape index (κ2) is 8.39. The van der Waals surface area contributed by atoms with Crippen LogP contribution in [0.2, 0.25) is 0 Å². The lowest BCUT2D eigenvalue weighted by molar-refractivity contribution is -0.133. The first-order valence-corrected chi connectivity index (χ1v) is 10.3.